The second-order valence-electron chi connectivity index (χ2n) is 7.43. The van der Waals surface area contributed by atoms with E-state index in [1.807, 2.05) is 27.8 Å². The summed E-state index contributed by atoms with van der Waals surface area (Å²) < 4.78 is 6.17. The highest BCUT2D eigenvalue weighted by atomic mass is 16.5. The van der Waals surface area contributed by atoms with E-state index in [1.54, 1.807) is 18.2 Å². The largest absolute Gasteiger partial charge is 0.508 e. The van der Waals surface area contributed by atoms with Crippen LogP contribution in [0.4, 0.5) is 0 Å². The number of likely N-dealkylation sites (N-methyl/N-ethyl adjacent to an activating group) is 1. The van der Waals surface area contributed by atoms with Crippen molar-refractivity contribution in [3.8, 4) is 11.5 Å². The number of rotatable bonds is 4. The summed E-state index contributed by atoms with van der Waals surface area (Å²) in [5.74, 6) is 0.737. The predicted molar refractivity (Wildman–Crippen MR) is 90.9 cm³/mol. The zero-order valence-electron chi connectivity index (χ0n) is 14.9. The topological polar surface area (TPSA) is 70.6 Å². The Kier molecular flexibility index (Phi) is 4.37. The molecule has 1 aliphatic heterocycles. The second kappa shape index (κ2) is 5.71. The maximum absolute atomic E-state index is 12.9. The molecule has 128 valence electrons. The van der Waals surface area contributed by atoms with Crippen LogP contribution in [0.1, 0.15) is 40.2 Å². The lowest BCUT2D eigenvalue weighted by Crippen LogP contribution is -2.66. The van der Waals surface area contributed by atoms with Gasteiger partial charge in [-0.05, 0) is 32.2 Å². The SMILES string of the molecule is CNCCNC(=O)C1(C)Oc2ccc(O)cc2C(C)(C)C1(C)C. The quantitative estimate of drug-likeness (QED) is 0.744. The van der Waals surface area contributed by atoms with Crippen molar-refractivity contribution in [2.45, 2.75) is 45.6 Å². The fraction of sp³-hybridized carbons (Fsp3) is 0.611. The van der Waals surface area contributed by atoms with Crippen LogP contribution >= 0.6 is 0 Å². The molecule has 0 saturated carbocycles. The lowest BCUT2D eigenvalue weighted by molar-refractivity contribution is -0.155. The van der Waals surface area contributed by atoms with Crippen molar-refractivity contribution in [1.29, 1.82) is 0 Å². The van der Waals surface area contributed by atoms with Crippen LogP contribution < -0.4 is 15.4 Å². The summed E-state index contributed by atoms with van der Waals surface area (Å²) in [7, 11) is 1.85. The highest BCUT2D eigenvalue weighted by Gasteiger charge is 2.61. The number of fused-ring (bicyclic) bond motifs is 1. The Hall–Kier alpha value is -1.75. The lowest BCUT2D eigenvalue weighted by atomic mass is 9.55. The van der Waals surface area contributed by atoms with E-state index in [9.17, 15) is 9.90 Å². The molecule has 5 heteroatoms. The zero-order chi connectivity index (χ0) is 17.5. The number of amides is 1. The van der Waals surface area contributed by atoms with Gasteiger partial charge in [-0.3, -0.25) is 4.79 Å². The van der Waals surface area contributed by atoms with Crippen LogP contribution in [-0.4, -0.2) is 36.8 Å². The average Bonchev–Trinajstić information content (AvgIpc) is 2.47. The minimum atomic E-state index is -1.01. The molecule has 0 radical (unpaired) electrons. The van der Waals surface area contributed by atoms with Crippen LogP contribution in [0.15, 0.2) is 18.2 Å². The highest BCUT2D eigenvalue weighted by molar-refractivity contribution is 5.87. The van der Waals surface area contributed by atoms with Gasteiger partial charge in [-0.2, -0.15) is 0 Å². The second-order valence-corrected chi connectivity index (χ2v) is 7.43. The number of carbonyl (C=O) groups is 1. The van der Waals surface area contributed by atoms with Gasteiger partial charge in [0.2, 0.25) is 0 Å². The van der Waals surface area contributed by atoms with E-state index in [0.717, 1.165) is 5.56 Å². The lowest BCUT2D eigenvalue weighted by Gasteiger charge is -2.56. The van der Waals surface area contributed by atoms with Crippen LogP contribution in [-0.2, 0) is 10.2 Å². The first-order valence-electron chi connectivity index (χ1n) is 8.03. The van der Waals surface area contributed by atoms with E-state index in [4.69, 9.17) is 4.74 Å². The van der Waals surface area contributed by atoms with Crippen molar-refractivity contribution in [3.63, 3.8) is 0 Å². The maximum Gasteiger partial charge on any atom is 0.264 e. The van der Waals surface area contributed by atoms with Gasteiger partial charge in [-0.15, -0.1) is 0 Å². The third-order valence-electron chi connectivity index (χ3n) is 5.80. The third kappa shape index (κ3) is 2.57. The van der Waals surface area contributed by atoms with E-state index in [1.165, 1.54) is 0 Å². The summed E-state index contributed by atoms with van der Waals surface area (Å²) in [5, 5.41) is 15.8. The summed E-state index contributed by atoms with van der Waals surface area (Å²) >= 11 is 0. The van der Waals surface area contributed by atoms with Gasteiger partial charge < -0.3 is 20.5 Å². The Bertz CT molecular complexity index is 610. The van der Waals surface area contributed by atoms with E-state index >= 15 is 0 Å². The molecule has 0 aliphatic carbocycles. The molecule has 1 unspecified atom stereocenters. The minimum Gasteiger partial charge on any atom is -0.508 e. The molecule has 1 aliphatic rings. The first kappa shape index (κ1) is 17.6. The van der Waals surface area contributed by atoms with Crippen molar-refractivity contribution in [3.05, 3.63) is 23.8 Å². The van der Waals surface area contributed by atoms with Crippen molar-refractivity contribution < 1.29 is 14.6 Å². The van der Waals surface area contributed by atoms with E-state index in [-0.39, 0.29) is 17.1 Å². The molecule has 1 aromatic rings. The third-order valence-corrected chi connectivity index (χ3v) is 5.80. The van der Waals surface area contributed by atoms with Crippen LogP contribution in [0, 0.1) is 5.41 Å². The van der Waals surface area contributed by atoms with E-state index < -0.39 is 11.0 Å². The molecule has 5 nitrogen and oxygen atoms in total. The van der Waals surface area contributed by atoms with Crippen molar-refractivity contribution >= 4 is 5.91 Å². The van der Waals surface area contributed by atoms with E-state index in [2.05, 4.69) is 24.5 Å². The fourth-order valence-electron chi connectivity index (χ4n) is 3.18. The number of hydrogen-bond acceptors (Lipinski definition) is 4. The van der Waals surface area contributed by atoms with Crippen LogP contribution in [0.25, 0.3) is 0 Å². The molecule has 1 aromatic carbocycles. The molecule has 3 N–H and O–H groups in total. The summed E-state index contributed by atoms with van der Waals surface area (Å²) in [4.78, 5) is 12.9. The monoisotopic (exact) mass is 320 g/mol. The van der Waals surface area contributed by atoms with E-state index in [0.29, 0.717) is 18.8 Å². The van der Waals surface area contributed by atoms with Gasteiger partial charge in [0.1, 0.15) is 11.5 Å². The smallest absolute Gasteiger partial charge is 0.264 e. The molecule has 1 atom stereocenters. The molecule has 0 fully saturated rings. The molecular formula is C18H28N2O3. The Morgan fingerprint density at radius 3 is 2.43 bits per heavy atom. The Labute approximate surface area is 138 Å². The molecule has 23 heavy (non-hydrogen) atoms. The first-order valence-corrected chi connectivity index (χ1v) is 8.03. The van der Waals surface area contributed by atoms with Crippen molar-refractivity contribution in [2.24, 2.45) is 5.41 Å². The molecular weight excluding hydrogens is 292 g/mol. The number of aromatic hydroxyl groups is 1. The normalized spacial score (nSPS) is 24.4. The number of carbonyl (C=O) groups excluding carboxylic acids is 1. The van der Waals surface area contributed by atoms with Gasteiger partial charge in [0, 0.05) is 29.5 Å². The van der Waals surface area contributed by atoms with Crippen molar-refractivity contribution in [1.82, 2.24) is 10.6 Å². The number of benzene rings is 1. The highest BCUT2D eigenvalue weighted by Crippen LogP contribution is 2.56. The van der Waals surface area contributed by atoms with Gasteiger partial charge in [0.15, 0.2) is 5.60 Å². The molecule has 2 rings (SSSR count). The summed E-state index contributed by atoms with van der Waals surface area (Å²) in [6, 6.07) is 5.06. The molecule has 0 aromatic heterocycles. The maximum atomic E-state index is 12.9. The number of phenols is 1. The standard InChI is InChI=1S/C18H28N2O3/c1-16(2)13-11-12(21)7-8-14(13)23-18(5,17(16,3)4)15(22)20-10-9-19-6/h7-8,11,19,21H,9-10H2,1-6H3,(H,20,22). The Morgan fingerprint density at radius 1 is 1.17 bits per heavy atom. The van der Waals surface area contributed by atoms with Crippen LogP contribution in [0.2, 0.25) is 0 Å². The van der Waals surface area contributed by atoms with Crippen LogP contribution in [0.3, 0.4) is 0 Å². The molecule has 1 heterocycles. The average molecular weight is 320 g/mol. The molecule has 0 saturated heterocycles. The first-order chi connectivity index (χ1) is 10.6. The number of ether oxygens (including phenoxy) is 1. The van der Waals surface area contributed by atoms with Gasteiger partial charge >= 0.3 is 0 Å². The predicted octanol–water partition coefficient (Wildman–Crippen LogP) is 2.18. The van der Waals surface area contributed by atoms with Gasteiger partial charge in [-0.25, -0.2) is 0 Å². The minimum absolute atomic E-state index is 0.121. The molecule has 1 amide bonds. The molecule has 0 bridgehead atoms. The number of hydrogen-bond donors (Lipinski definition) is 3. The molecule has 0 spiro atoms. The van der Waals surface area contributed by atoms with Crippen molar-refractivity contribution in [2.75, 3.05) is 20.1 Å². The van der Waals surface area contributed by atoms with Gasteiger partial charge in [0.25, 0.3) is 5.91 Å². The van der Waals surface area contributed by atoms with Gasteiger partial charge in [0.05, 0.1) is 0 Å². The number of phenolic OH excluding ortho intramolecular Hbond substituents is 1. The summed E-state index contributed by atoms with van der Waals surface area (Å²) in [6.45, 7) is 11.4. The fourth-order valence-corrected chi connectivity index (χ4v) is 3.18. The Morgan fingerprint density at radius 2 is 1.83 bits per heavy atom. The zero-order valence-corrected chi connectivity index (χ0v) is 14.9. The van der Waals surface area contributed by atoms with Gasteiger partial charge in [-0.1, -0.05) is 27.7 Å². The van der Waals surface area contributed by atoms with Crippen LogP contribution in [0.5, 0.6) is 11.5 Å². The summed E-state index contributed by atoms with van der Waals surface area (Å²) in [5.41, 5.74) is -0.921. The summed E-state index contributed by atoms with van der Waals surface area (Å²) in [6.07, 6.45) is 0. The number of nitrogens with one attached hydrogen (secondary N) is 2. The Balaban J connectivity index is 2.46.